The van der Waals surface area contributed by atoms with Crippen LogP contribution in [0.3, 0.4) is 0 Å². The van der Waals surface area contributed by atoms with E-state index in [2.05, 4.69) is 34.3 Å². The largest absolute Gasteiger partial charge is 0.298 e. The molecule has 0 saturated heterocycles. The number of rotatable bonds is 3. The van der Waals surface area contributed by atoms with Gasteiger partial charge in [0, 0.05) is 5.56 Å². The molecule has 0 amide bonds. The lowest BCUT2D eigenvalue weighted by Crippen LogP contribution is -1.90. The van der Waals surface area contributed by atoms with E-state index in [1.807, 2.05) is 24.3 Å². The van der Waals surface area contributed by atoms with Crippen molar-refractivity contribution in [1.29, 1.82) is 0 Å². The smallest absolute Gasteiger partial charge is 0.150 e. The SMILES string of the molecule is C=C(C)/C(=C1\C(C)C1(C)C)c1ccc(C=O)cc1. The molecule has 1 saturated carbocycles. The zero-order valence-corrected chi connectivity index (χ0v) is 11.6. The van der Waals surface area contributed by atoms with Gasteiger partial charge in [0.25, 0.3) is 0 Å². The minimum absolute atomic E-state index is 0.275. The van der Waals surface area contributed by atoms with Gasteiger partial charge in [0.1, 0.15) is 6.29 Å². The monoisotopic (exact) mass is 240 g/mol. The maximum atomic E-state index is 10.7. The van der Waals surface area contributed by atoms with Gasteiger partial charge in [-0.25, -0.2) is 0 Å². The second-order valence-corrected chi connectivity index (χ2v) is 5.75. The summed E-state index contributed by atoms with van der Waals surface area (Å²) in [6.45, 7) is 13.0. The van der Waals surface area contributed by atoms with Gasteiger partial charge in [-0.15, -0.1) is 0 Å². The molecule has 1 unspecified atom stereocenters. The number of hydrogen-bond donors (Lipinski definition) is 0. The Kier molecular flexibility index (Phi) is 3.02. The zero-order chi connectivity index (χ0) is 13.5. The summed E-state index contributed by atoms with van der Waals surface area (Å²) in [4.78, 5) is 10.7. The third kappa shape index (κ3) is 1.94. The number of allylic oxidation sites excluding steroid dienone is 3. The molecule has 0 aliphatic heterocycles. The Labute approximate surface area is 109 Å². The fourth-order valence-electron chi connectivity index (χ4n) is 2.67. The number of benzene rings is 1. The third-order valence-corrected chi connectivity index (χ3v) is 4.16. The molecular formula is C17H20O. The molecule has 1 atom stereocenters. The number of carbonyl (C=O) groups is 1. The van der Waals surface area contributed by atoms with Crippen LogP contribution in [0.4, 0.5) is 0 Å². The van der Waals surface area contributed by atoms with Gasteiger partial charge in [-0.3, -0.25) is 4.79 Å². The second kappa shape index (κ2) is 4.24. The normalized spacial score (nSPS) is 23.4. The van der Waals surface area contributed by atoms with Crippen LogP contribution in [0.25, 0.3) is 5.57 Å². The Morgan fingerprint density at radius 1 is 1.28 bits per heavy atom. The quantitative estimate of drug-likeness (QED) is 0.711. The summed E-state index contributed by atoms with van der Waals surface area (Å²) in [7, 11) is 0. The van der Waals surface area contributed by atoms with E-state index in [-0.39, 0.29) is 5.41 Å². The van der Waals surface area contributed by atoms with Crippen molar-refractivity contribution < 1.29 is 4.79 Å². The highest BCUT2D eigenvalue weighted by molar-refractivity contribution is 5.85. The average molecular weight is 240 g/mol. The lowest BCUT2D eigenvalue weighted by atomic mass is 9.96. The minimum atomic E-state index is 0.275. The summed E-state index contributed by atoms with van der Waals surface area (Å²) in [5.41, 5.74) is 6.01. The predicted molar refractivity (Wildman–Crippen MR) is 76.5 cm³/mol. The fraction of sp³-hybridized carbons (Fsp3) is 0.353. The molecule has 0 spiro atoms. The Bertz CT molecular complexity index is 529. The molecule has 0 heterocycles. The van der Waals surface area contributed by atoms with Crippen LogP contribution in [0.15, 0.2) is 42.0 Å². The van der Waals surface area contributed by atoms with Gasteiger partial charge in [-0.1, -0.05) is 62.8 Å². The molecule has 94 valence electrons. The Morgan fingerprint density at radius 3 is 2.11 bits per heavy atom. The van der Waals surface area contributed by atoms with E-state index in [4.69, 9.17) is 0 Å². The number of aldehydes is 1. The Balaban J connectivity index is 2.51. The third-order valence-electron chi connectivity index (χ3n) is 4.16. The van der Waals surface area contributed by atoms with Crippen LogP contribution in [-0.4, -0.2) is 6.29 Å². The Hall–Kier alpha value is -1.63. The van der Waals surface area contributed by atoms with E-state index in [0.717, 1.165) is 11.9 Å². The van der Waals surface area contributed by atoms with Crippen LogP contribution >= 0.6 is 0 Å². The van der Waals surface area contributed by atoms with Crippen molar-refractivity contribution in [2.75, 3.05) is 0 Å². The number of hydrogen-bond acceptors (Lipinski definition) is 1. The molecule has 0 bridgehead atoms. The van der Waals surface area contributed by atoms with Crippen molar-refractivity contribution in [3.8, 4) is 0 Å². The van der Waals surface area contributed by atoms with Gasteiger partial charge in [0.2, 0.25) is 0 Å². The van der Waals surface area contributed by atoms with Gasteiger partial charge in [-0.05, 0) is 29.4 Å². The van der Waals surface area contributed by atoms with Crippen LogP contribution < -0.4 is 0 Å². The molecular weight excluding hydrogens is 220 g/mol. The molecule has 1 nitrogen and oxygen atoms in total. The summed E-state index contributed by atoms with van der Waals surface area (Å²) in [5.74, 6) is 0.606. The van der Waals surface area contributed by atoms with Gasteiger partial charge in [0.05, 0.1) is 0 Å². The summed E-state index contributed by atoms with van der Waals surface area (Å²) >= 11 is 0. The zero-order valence-electron chi connectivity index (χ0n) is 11.6. The molecule has 1 heteroatoms. The predicted octanol–water partition coefficient (Wildman–Crippen LogP) is 4.50. The highest BCUT2D eigenvalue weighted by Gasteiger charge is 2.50. The highest BCUT2D eigenvalue weighted by atomic mass is 16.1. The first-order valence-corrected chi connectivity index (χ1v) is 6.35. The Morgan fingerprint density at radius 2 is 1.78 bits per heavy atom. The first-order valence-electron chi connectivity index (χ1n) is 6.35. The molecule has 0 radical (unpaired) electrons. The average Bonchev–Trinajstić information content (AvgIpc) is 2.81. The van der Waals surface area contributed by atoms with E-state index in [9.17, 15) is 4.79 Å². The van der Waals surface area contributed by atoms with Gasteiger partial charge < -0.3 is 0 Å². The first kappa shape index (κ1) is 12.8. The van der Waals surface area contributed by atoms with Gasteiger partial charge >= 0.3 is 0 Å². The highest BCUT2D eigenvalue weighted by Crippen LogP contribution is 2.61. The lowest BCUT2D eigenvalue weighted by molar-refractivity contribution is 0.112. The molecule has 18 heavy (non-hydrogen) atoms. The molecule has 0 N–H and O–H groups in total. The summed E-state index contributed by atoms with van der Waals surface area (Å²) in [6, 6.07) is 7.77. The van der Waals surface area contributed by atoms with Gasteiger partial charge in [0.15, 0.2) is 0 Å². The maximum Gasteiger partial charge on any atom is 0.150 e. The molecule has 1 aliphatic rings. The van der Waals surface area contributed by atoms with Crippen molar-refractivity contribution in [2.45, 2.75) is 27.7 Å². The van der Waals surface area contributed by atoms with Crippen LogP contribution in [-0.2, 0) is 0 Å². The van der Waals surface area contributed by atoms with E-state index in [1.165, 1.54) is 16.7 Å². The molecule has 0 aromatic heterocycles. The molecule has 1 aromatic rings. The van der Waals surface area contributed by atoms with Crippen LogP contribution in [0, 0.1) is 11.3 Å². The van der Waals surface area contributed by atoms with E-state index in [1.54, 1.807) is 0 Å². The fourth-order valence-corrected chi connectivity index (χ4v) is 2.67. The summed E-state index contributed by atoms with van der Waals surface area (Å²) in [6.07, 6.45) is 0.876. The number of carbonyl (C=O) groups excluding carboxylic acids is 1. The van der Waals surface area contributed by atoms with Crippen molar-refractivity contribution in [3.05, 3.63) is 53.1 Å². The van der Waals surface area contributed by atoms with Crippen LogP contribution in [0.1, 0.15) is 43.6 Å². The van der Waals surface area contributed by atoms with Crippen molar-refractivity contribution >= 4 is 11.9 Å². The molecule has 1 aromatic carbocycles. The van der Waals surface area contributed by atoms with E-state index in [0.29, 0.717) is 11.5 Å². The van der Waals surface area contributed by atoms with E-state index < -0.39 is 0 Å². The van der Waals surface area contributed by atoms with Crippen molar-refractivity contribution in [2.24, 2.45) is 11.3 Å². The minimum Gasteiger partial charge on any atom is -0.298 e. The van der Waals surface area contributed by atoms with Crippen LogP contribution in [0.2, 0.25) is 0 Å². The first-order chi connectivity index (χ1) is 8.39. The molecule has 1 fully saturated rings. The van der Waals surface area contributed by atoms with Gasteiger partial charge in [-0.2, -0.15) is 0 Å². The molecule has 2 rings (SSSR count). The maximum absolute atomic E-state index is 10.7. The standard InChI is InChI=1S/C17H20O/c1-11(2)15(16-12(3)17(16,4)5)14-8-6-13(10-18)7-9-14/h6-10,12H,1H2,2-5H3/b16-15-. The summed E-state index contributed by atoms with van der Waals surface area (Å²) < 4.78 is 0. The van der Waals surface area contributed by atoms with Crippen molar-refractivity contribution in [1.82, 2.24) is 0 Å². The molecule has 1 aliphatic carbocycles. The lowest BCUT2D eigenvalue weighted by Gasteiger charge is -2.09. The summed E-state index contributed by atoms with van der Waals surface area (Å²) in [5, 5.41) is 0. The topological polar surface area (TPSA) is 17.1 Å². The second-order valence-electron chi connectivity index (χ2n) is 5.75. The van der Waals surface area contributed by atoms with Crippen molar-refractivity contribution in [3.63, 3.8) is 0 Å². The van der Waals surface area contributed by atoms with E-state index >= 15 is 0 Å². The van der Waals surface area contributed by atoms with Crippen LogP contribution in [0.5, 0.6) is 0 Å².